The van der Waals surface area contributed by atoms with Gasteiger partial charge in [0.15, 0.2) is 0 Å². The van der Waals surface area contributed by atoms with Gasteiger partial charge in [0.25, 0.3) is 0 Å². The van der Waals surface area contributed by atoms with E-state index in [1.807, 2.05) is 0 Å². The van der Waals surface area contributed by atoms with Crippen LogP contribution in [0.4, 0.5) is 0 Å². The SMILES string of the molecule is CC(=O)NC1CCNCC(C)C1. The molecular formula is C9H18N2O. The molecule has 1 rings (SSSR count). The van der Waals surface area contributed by atoms with Crippen molar-refractivity contribution in [3.05, 3.63) is 0 Å². The largest absolute Gasteiger partial charge is 0.354 e. The summed E-state index contributed by atoms with van der Waals surface area (Å²) in [6.45, 7) is 5.90. The van der Waals surface area contributed by atoms with Crippen LogP contribution in [0.5, 0.6) is 0 Å². The van der Waals surface area contributed by atoms with Crippen LogP contribution in [0, 0.1) is 5.92 Å². The highest BCUT2D eigenvalue weighted by atomic mass is 16.1. The monoisotopic (exact) mass is 170 g/mol. The van der Waals surface area contributed by atoms with E-state index >= 15 is 0 Å². The van der Waals surface area contributed by atoms with Gasteiger partial charge in [-0.15, -0.1) is 0 Å². The summed E-state index contributed by atoms with van der Waals surface area (Å²) in [7, 11) is 0. The molecule has 1 aliphatic rings. The molecule has 70 valence electrons. The van der Waals surface area contributed by atoms with Crippen LogP contribution in [-0.2, 0) is 4.79 Å². The Morgan fingerprint density at radius 1 is 1.58 bits per heavy atom. The van der Waals surface area contributed by atoms with Crippen LogP contribution < -0.4 is 10.6 Å². The topological polar surface area (TPSA) is 41.1 Å². The van der Waals surface area contributed by atoms with Crippen molar-refractivity contribution >= 4 is 5.91 Å². The highest BCUT2D eigenvalue weighted by molar-refractivity contribution is 5.73. The molecule has 0 saturated carbocycles. The smallest absolute Gasteiger partial charge is 0.217 e. The van der Waals surface area contributed by atoms with Gasteiger partial charge in [-0.2, -0.15) is 0 Å². The Hall–Kier alpha value is -0.570. The Morgan fingerprint density at radius 3 is 3.00 bits per heavy atom. The number of carbonyl (C=O) groups excluding carboxylic acids is 1. The lowest BCUT2D eigenvalue weighted by Crippen LogP contribution is -2.34. The van der Waals surface area contributed by atoms with E-state index < -0.39 is 0 Å². The summed E-state index contributed by atoms with van der Waals surface area (Å²) < 4.78 is 0. The lowest BCUT2D eigenvalue weighted by atomic mass is 10.0. The Morgan fingerprint density at radius 2 is 2.33 bits per heavy atom. The van der Waals surface area contributed by atoms with Gasteiger partial charge in [0, 0.05) is 13.0 Å². The predicted octanol–water partition coefficient (Wildman–Crippen LogP) is 0.511. The summed E-state index contributed by atoms with van der Waals surface area (Å²) in [6.07, 6.45) is 2.16. The zero-order valence-electron chi connectivity index (χ0n) is 7.89. The van der Waals surface area contributed by atoms with Gasteiger partial charge in [-0.3, -0.25) is 4.79 Å². The van der Waals surface area contributed by atoms with Crippen molar-refractivity contribution in [3.8, 4) is 0 Å². The third kappa shape index (κ3) is 3.22. The van der Waals surface area contributed by atoms with Crippen LogP contribution in [0.2, 0.25) is 0 Å². The maximum Gasteiger partial charge on any atom is 0.217 e. The van der Waals surface area contributed by atoms with Crippen molar-refractivity contribution in [2.45, 2.75) is 32.7 Å². The lowest BCUT2D eigenvalue weighted by Gasteiger charge is -2.16. The van der Waals surface area contributed by atoms with Crippen LogP contribution in [0.3, 0.4) is 0 Å². The number of carbonyl (C=O) groups is 1. The number of hydrogen-bond donors (Lipinski definition) is 2. The second-order valence-corrected chi connectivity index (χ2v) is 3.73. The Bertz CT molecular complexity index is 159. The molecule has 0 aromatic heterocycles. The molecule has 0 aromatic carbocycles. The first-order chi connectivity index (χ1) is 5.68. The van der Waals surface area contributed by atoms with E-state index in [1.54, 1.807) is 6.92 Å². The zero-order valence-corrected chi connectivity index (χ0v) is 7.89. The van der Waals surface area contributed by atoms with Gasteiger partial charge in [-0.25, -0.2) is 0 Å². The zero-order chi connectivity index (χ0) is 8.97. The average molecular weight is 170 g/mol. The maximum atomic E-state index is 10.8. The molecule has 3 nitrogen and oxygen atoms in total. The molecule has 2 N–H and O–H groups in total. The van der Waals surface area contributed by atoms with Crippen LogP contribution in [0.25, 0.3) is 0 Å². The molecule has 0 spiro atoms. The van der Waals surface area contributed by atoms with E-state index in [2.05, 4.69) is 17.6 Å². The number of rotatable bonds is 1. The number of nitrogens with one attached hydrogen (secondary N) is 2. The minimum Gasteiger partial charge on any atom is -0.354 e. The highest BCUT2D eigenvalue weighted by Crippen LogP contribution is 2.10. The third-order valence-corrected chi connectivity index (χ3v) is 2.26. The molecule has 1 fully saturated rings. The number of amides is 1. The second kappa shape index (κ2) is 4.45. The maximum absolute atomic E-state index is 10.8. The molecule has 1 saturated heterocycles. The minimum absolute atomic E-state index is 0.0918. The van der Waals surface area contributed by atoms with Crippen molar-refractivity contribution in [1.82, 2.24) is 10.6 Å². The molecule has 0 radical (unpaired) electrons. The van der Waals surface area contributed by atoms with E-state index in [4.69, 9.17) is 0 Å². The van der Waals surface area contributed by atoms with E-state index in [1.165, 1.54) is 0 Å². The molecule has 0 aliphatic carbocycles. The van der Waals surface area contributed by atoms with Crippen LogP contribution in [0.15, 0.2) is 0 Å². The fraction of sp³-hybridized carbons (Fsp3) is 0.889. The molecule has 3 heteroatoms. The van der Waals surface area contributed by atoms with Gasteiger partial charge in [-0.1, -0.05) is 6.92 Å². The molecular weight excluding hydrogens is 152 g/mol. The normalized spacial score (nSPS) is 30.8. The van der Waals surface area contributed by atoms with Gasteiger partial charge in [0.05, 0.1) is 0 Å². The van der Waals surface area contributed by atoms with E-state index in [0.717, 1.165) is 25.9 Å². The second-order valence-electron chi connectivity index (χ2n) is 3.73. The Kier molecular flexibility index (Phi) is 3.53. The molecule has 2 atom stereocenters. The molecule has 1 amide bonds. The van der Waals surface area contributed by atoms with Gasteiger partial charge in [-0.05, 0) is 31.8 Å². The van der Waals surface area contributed by atoms with Crippen molar-refractivity contribution in [2.24, 2.45) is 5.92 Å². The molecule has 0 aromatic rings. The Balaban J connectivity index is 2.35. The average Bonchev–Trinajstić information content (AvgIpc) is 2.12. The quantitative estimate of drug-likeness (QED) is 0.602. The highest BCUT2D eigenvalue weighted by Gasteiger charge is 2.16. The van der Waals surface area contributed by atoms with Crippen molar-refractivity contribution in [3.63, 3.8) is 0 Å². The first kappa shape index (κ1) is 9.52. The summed E-state index contributed by atoms with van der Waals surface area (Å²) in [5.41, 5.74) is 0. The number of hydrogen-bond acceptors (Lipinski definition) is 2. The van der Waals surface area contributed by atoms with E-state index in [-0.39, 0.29) is 5.91 Å². The van der Waals surface area contributed by atoms with Gasteiger partial charge < -0.3 is 10.6 Å². The van der Waals surface area contributed by atoms with Gasteiger partial charge in [0.2, 0.25) is 5.91 Å². The summed E-state index contributed by atoms with van der Waals surface area (Å²) in [5.74, 6) is 0.762. The first-order valence-electron chi connectivity index (χ1n) is 4.66. The standard InChI is InChI=1S/C9H18N2O/c1-7-5-9(11-8(2)12)3-4-10-6-7/h7,9-10H,3-6H2,1-2H3,(H,11,12). The minimum atomic E-state index is 0.0918. The first-order valence-corrected chi connectivity index (χ1v) is 4.66. The van der Waals surface area contributed by atoms with Crippen LogP contribution in [0.1, 0.15) is 26.7 Å². The van der Waals surface area contributed by atoms with Gasteiger partial charge >= 0.3 is 0 Å². The van der Waals surface area contributed by atoms with E-state index in [9.17, 15) is 4.79 Å². The fourth-order valence-corrected chi connectivity index (χ4v) is 1.73. The molecule has 0 bridgehead atoms. The summed E-state index contributed by atoms with van der Waals surface area (Å²) in [5, 5.41) is 6.32. The molecule has 12 heavy (non-hydrogen) atoms. The molecule has 1 aliphatic heterocycles. The fourth-order valence-electron chi connectivity index (χ4n) is 1.73. The Labute approximate surface area is 73.9 Å². The lowest BCUT2D eigenvalue weighted by molar-refractivity contribution is -0.119. The van der Waals surface area contributed by atoms with Crippen LogP contribution in [-0.4, -0.2) is 25.0 Å². The van der Waals surface area contributed by atoms with E-state index in [0.29, 0.717) is 12.0 Å². The predicted molar refractivity (Wildman–Crippen MR) is 48.9 cm³/mol. The van der Waals surface area contributed by atoms with Gasteiger partial charge in [0.1, 0.15) is 0 Å². The molecule has 2 unspecified atom stereocenters. The summed E-state index contributed by atoms with van der Waals surface area (Å²) >= 11 is 0. The summed E-state index contributed by atoms with van der Waals surface area (Å²) in [4.78, 5) is 10.8. The molecule has 1 heterocycles. The summed E-state index contributed by atoms with van der Waals surface area (Å²) in [6, 6.07) is 0.382. The van der Waals surface area contributed by atoms with Crippen LogP contribution >= 0.6 is 0 Å². The third-order valence-electron chi connectivity index (χ3n) is 2.26. The van der Waals surface area contributed by atoms with Crippen molar-refractivity contribution < 1.29 is 4.79 Å². The van der Waals surface area contributed by atoms with Crippen molar-refractivity contribution in [2.75, 3.05) is 13.1 Å². The van der Waals surface area contributed by atoms with Crippen molar-refractivity contribution in [1.29, 1.82) is 0 Å².